The fourth-order valence-electron chi connectivity index (χ4n) is 2.82. The molecule has 0 unspecified atom stereocenters. The molecule has 0 bridgehead atoms. The average Bonchev–Trinajstić information content (AvgIpc) is 3.32. The van der Waals surface area contributed by atoms with Crippen LogP contribution in [-0.4, -0.2) is 17.5 Å². The average molecular weight is 473 g/mol. The Bertz CT molecular complexity index is 1110. The first kappa shape index (κ1) is 19.1. The van der Waals surface area contributed by atoms with E-state index >= 15 is 0 Å². The molecule has 0 aliphatic heterocycles. The van der Waals surface area contributed by atoms with E-state index in [-0.39, 0.29) is 5.91 Å². The highest BCUT2D eigenvalue weighted by molar-refractivity contribution is 9.11. The first-order valence-corrected chi connectivity index (χ1v) is 11.2. The molecule has 142 valence electrons. The second-order valence-electron chi connectivity index (χ2n) is 6.04. The number of rotatable bonds is 6. The van der Waals surface area contributed by atoms with Crippen molar-refractivity contribution in [2.24, 2.45) is 0 Å². The van der Waals surface area contributed by atoms with Crippen molar-refractivity contribution in [3.63, 3.8) is 0 Å². The normalized spacial score (nSPS) is 10.9. The molecule has 0 saturated heterocycles. The van der Waals surface area contributed by atoms with Gasteiger partial charge in [-0.15, -0.1) is 11.3 Å². The van der Waals surface area contributed by atoms with Gasteiger partial charge in [0.25, 0.3) is 5.91 Å². The zero-order valence-electron chi connectivity index (χ0n) is 15.1. The summed E-state index contributed by atoms with van der Waals surface area (Å²) in [6, 6.07) is 19.5. The molecule has 2 aromatic heterocycles. The summed E-state index contributed by atoms with van der Waals surface area (Å²) in [6.07, 6.45) is 0. The zero-order chi connectivity index (χ0) is 19.5. The van der Waals surface area contributed by atoms with Crippen LogP contribution in [0.5, 0.6) is 5.75 Å². The van der Waals surface area contributed by atoms with Gasteiger partial charge in [0.2, 0.25) is 0 Å². The molecular formula is C21H17BrN2O2S2. The van der Waals surface area contributed by atoms with Crippen molar-refractivity contribution in [3.05, 3.63) is 74.9 Å². The van der Waals surface area contributed by atoms with Gasteiger partial charge in [-0.2, -0.15) is 0 Å². The molecule has 28 heavy (non-hydrogen) atoms. The SMILES string of the molecule is CCOc1ccc2nc(N(Cc3ccccc3)C(=O)c3ccc(Br)s3)sc2c1. The van der Waals surface area contributed by atoms with Crippen LogP contribution in [0.4, 0.5) is 5.13 Å². The minimum atomic E-state index is -0.0522. The van der Waals surface area contributed by atoms with Crippen LogP contribution in [0.1, 0.15) is 22.2 Å². The molecule has 2 aromatic carbocycles. The van der Waals surface area contributed by atoms with E-state index in [2.05, 4.69) is 15.9 Å². The molecule has 0 aliphatic rings. The number of halogens is 1. The van der Waals surface area contributed by atoms with E-state index in [9.17, 15) is 4.79 Å². The molecule has 0 fully saturated rings. The summed E-state index contributed by atoms with van der Waals surface area (Å²) < 4.78 is 7.52. The Balaban J connectivity index is 1.73. The summed E-state index contributed by atoms with van der Waals surface area (Å²) in [4.78, 5) is 20.4. The van der Waals surface area contributed by atoms with Gasteiger partial charge < -0.3 is 4.74 Å². The number of benzene rings is 2. The summed E-state index contributed by atoms with van der Waals surface area (Å²) in [5, 5.41) is 0.682. The topological polar surface area (TPSA) is 42.4 Å². The van der Waals surface area contributed by atoms with E-state index in [1.54, 1.807) is 4.90 Å². The minimum Gasteiger partial charge on any atom is -0.494 e. The lowest BCUT2D eigenvalue weighted by molar-refractivity contribution is 0.0989. The number of fused-ring (bicyclic) bond motifs is 1. The van der Waals surface area contributed by atoms with Gasteiger partial charge in [-0.25, -0.2) is 4.98 Å². The summed E-state index contributed by atoms with van der Waals surface area (Å²) >= 11 is 6.37. The Morgan fingerprint density at radius 3 is 2.64 bits per heavy atom. The van der Waals surface area contributed by atoms with Crippen molar-refractivity contribution < 1.29 is 9.53 Å². The molecule has 2 heterocycles. The van der Waals surface area contributed by atoms with Gasteiger partial charge in [0.1, 0.15) is 5.75 Å². The maximum atomic E-state index is 13.3. The Kier molecular flexibility index (Phi) is 5.75. The molecular weight excluding hydrogens is 456 g/mol. The molecule has 0 N–H and O–H groups in total. The number of thiophene rings is 1. The van der Waals surface area contributed by atoms with Gasteiger partial charge in [0.05, 0.1) is 32.0 Å². The van der Waals surface area contributed by atoms with Crippen LogP contribution in [0.25, 0.3) is 10.2 Å². The van der Waals surface area contributed by atoms with E-state index in [1.165, 1.54) is 22.7 Å². The van der Waals surface area contributed by atoms with E-state index in [4.69, 9.17) is 9.72 Å². The van der Waals surface area contributed by atoms with Crippen molar-refractivity contribution in [3.8, 4) is 5.75 Å². The van der Waals surface area contributed by atoms with Gasteiger partial charge in [0.15, 0.2) is 5.13 Å². The van der Waals surface area contributed by atoms with Gasteiger partial charge in [-0.05, 0) is 58.7 Å². The molecule has 4 nitrogen and oxygen atoms in total. The number of carbonyl (C=O) groups excluding carboxylic acids is 1. The second kappa shape index (κ2) is 8.43. The van der Waals surface area contributed by atoms with Gasteiger partial charge in [-0.1, -0.05) is 41.7 Å². The van der Waals surface area contributed by atoms with Crippen LogP contribution < -0.4 is 9.64 Å². The van der Waals surface area contributed by atoms with Crippen LogP contribution >= 0.6 is 38.6 Å². The van der Waals surface area contributed by atoms with Crippen molar-refractivity contribution in [2.75, 3.05) is 11.5 Å². The zero-order valence-corrected chi connectivity index (χ0v) is 18.3. The fourth-order valence-corrected chi connectivity index (χ4v) is 5.15. The Morgan fingerprint density at radius 2 is 1.93 bits per heavy atom. The molecule has 7 heteroatoms. The predicted molar refractivity (Wildman–Crippen MR) is 120 cm³/mol. The summed E-state index contributed by atoms with van der Waals surface area (Å²) in [7, 11) is 0. The van der Waals surface area contributed by atoms with E-state index < -0.39 is 0 Å². The first-order valence-electron chi connectivity index (χ1n) is 8.78. The number of hydrogen-bond donors (Lipinski definition) is 0. The number of carbonyl (C=O) groups is 1. The van der Waals surface area contributed by atoms with Gasteiger partial charge >= 0.3 is 0 Å². The van der Waals surface area contributed by atoms with Crippen molar-refractivity contribution >= 4 is 59.9 Å². The molecule has 0 atom stereocenters. The Hall–Kier alpha value is -2.22. The quantitative estimate of drug-likeness (QED) is 0.327. The third-order valence-electron chi connectivity index (χ3n) is 4.10. The number of hydrogen-bond acceptors (Lipinski definition) is 5. The number of anilines is 1. The predicted octanol–water partition coefficient (Wildman–Crippen LogP) is 6.37. The maximum Gasteiger partial charge on any atom is 0.270 e. The molecule has 0 aliphatic carbocycles. The smallest absolute Gasteiger partial charge is 0.270 e. The van der Waals surface area contributed by atoms with Crippen LogP contribution in [0, 0.1) is 0 Å². The molecule has 0 saturated carbocycles. The molecule has 0 spiro atoms. The van der Waals surface area contributed by atoms with Crippen LogP contribution in [0.15, 0.2) is 64.5 Å². The second-order valence-corrected chi connectivity index (χ2v) is 9.51. The van der Waals surface area contributed by atoms with Crippen molar-refractivity contribution in [1.29, 1.82) is 0 Å². The highest BCUT2D eigenvalue weighted by Gasteiger charge is 2.23. The Labute approximate surface area is 179 Å². The summed E-state index contributed by atoms with van der Waals surface area (Å²) in [5.41, 5.74) is 1.92. The third-order valence-corrected chi connectivity index (χ3v) is 6.76. The highest BCUT2D eigenvalue weighted by Crippen LogP contribution is 2.34. The Morgan fingerprint density at radius 1 is 1.11 bits per heavy atom. The van der Waals surface area contributed by atoms with E-state index in [0.29, 0.717) is 23.2 Å². The largest absolute Gasteiger partial charge is 0.494 e. The molecule has 0 radical (unpaired) electrons. The number of amides is 1. The lowest BCUT2D eigenvalue weighted by atomic mass is 10.2. The van der Waals surface area contributed by atoms with Crippen molar-refractivity contribution in [1.82, 2.24) is 4.98 Å². The molecule has 4 rings (SSSR count). The number of nitrogens with zero attached hydrogens (tertiary/aromatic N) is 2. The van der Waals surface area contributed by atoms with Gasteiger partial charge in [-0.3, -0.25) is 9.69 Å². The lowest BCUT2D eigenvalue weighted by Crippen LogP contribution is -2.29. The van der Waals surface area contributed by atoms with E-state index in [1.807, 2.05) is 67.6 Å². The number of thiazole rings is 1. The van der Waals surface area contributed by atoms with Gasteiger partial charge in [0, 0.05) is 0 Å². The highest BCUT2D eigenvalue weighted by atomic mass is 79.9. The molecule has 1 amide bonds. The van der Waals surface area contributed by atoms with Crippen LogP contribution in [0.3, 0.4) is 0 Å². The minimum absolute atomic E-state index is 0.0522. The van der Waals surface area contributed by atoms with E-state index in [0.717, 1.165) is 25.3 Å². The number of aromatic nitrogens is 1. The summed E-state index contributed by atoms with van der Waals surface area (Å²) in [6.45, 7) is 3.04. The van der Waals surface area contributed by atoms with Crippen molar-refractivity contribution in [2.45, 2.75) is 13.5 Å². The van der Waals surface area contributed by atoms with Crippen LogP contribution in [0.2, 0.25) is 0 Å². The summed E-state index contributed by atoms with van der Waals surface area (Å²) in [5.74, 6) is 0.761. The number of ether oxygens (including phenoxy) is 1. The standard InChI is InChI=1S/C21H17BrN2O2S2/c1-2-26-15-8-9-16-18(12-15)28-21(23-16)24(13-14-6-4-3-5-7-14)20(25)17-10-11-19(22)27-17/h3-12H,2,13H2,1H3. The van der Waals surface area contributed by atoms with Crippen LogP contribution in [-0.2, 0) is 6.54 Å². The first-order chi connectivity index (χ1) is 13.6. The third kappa shape index (κ3) is 4.11. The molecule has 4 aromatic rings. The fraction of sp³-hybridized carbons (Fsp3) is 0.143. The maximum absolute atomic E-state index is 13.3. The lowest BCUT2D eigenvalue weighted by Gasteiger charge is -2.19. The monoisotopic (exact) mass is 472 g/mol.